The number of hydrogen-bond donors (Lipinski definition) is 1. The van der Waals surface area contributed by atoms with Crippen LogP contribution >= 0.6 is 11.6 Å². The first-order valence-electron chi connectivity index (χ1n) is 7.48. The van der Waals surface area contributed by atoms with Crippen molar-refractivity contribution < 1.29 is 0 Å². The van der Waals surface area contributed by atoms with E-state index in [1.54, 1.807) is 0 Å². The van der Waals surface area contributed by atoms with Gasteiger partial charge < -0.3 is 5.73 Å². The molecule has 1 aliphatic carbocycles. The summed E-state index contributed by atoms with van der Waals surface area (Å²) in [5.74, 6) is 0.571. The molecular weight excluding hydrogens is 282 g/mol. The molecule has 0 saturated heterocycles. The van der Waals surface area contributed by atoms with Crippen molar-refractivity contribution in [3.05, 3.63) is 51.8 Å². The minimum atomic E-state index is -0.354. The van der Waals surface area contributed by atoms with Gasteiger partial charge in [-0.2, -0.15) is 5.10 Å². The van der Waals surface area contributed by atoms with E-state index in [0.29, 0.717) is 5.92 Å². The second kappa shape index (κ2) is 5.15. The van der Waals surface area contributed by atoms with Gasteiger partial charge in [0.05, 0.1) is 16.4 Å². The number of nitrogens with zero attached hydrogens (tertiary/aromatic N) is 2. The highest BCUT2D eigenvalue weighted by Gasteiger charge is 2.36. The van der Waals surface area contributed by atoms with Gasteiger partial charge in [-0.25, -0.2) is 0 Å². The van der Waals surface area contributed by atoms with E-state index in [1.165, 1.54) is 11.1 Å². The third kappa shape index (κ3) is 2.39. The van der Waals surface area contributed by atoms with Crippen molar-refractivity contribution >= 4 is 11.6 Å². The van der Waals surface area contributed by atoms with Crippen LogP contribution in [0.1, 0.15) is 48.2 Å². The Hall–Kier alpha value is -1.32. The Kier molecular flexibility index (Phi) is 3.58. The molecule has 1 aromatic heterocycles. The number of nitrogens with two attached hydrogens (primary N) is 1. The maximum atomic E-state index is 6.81. The largest absolute Gasteiger partial charge is 0.321 e. The first-order valence-corrected chi connectivity index (χ1v) is 7.86. The summed E-state index contributed by atoms with van der Waals surface area (Å²) in [5, 5.41) is 5.16. The number of hydrogen-bond acceptors (Lipinski definition) is 2. The Balaban J connectivity index is 2.04. The molecule has 2 unspecified atom stereocenters. The van der Waals surface area contributed by atoms with Crippen LogP contribution < -0.4 is 5.73 Å². The average molecular weight is 304 g/mol. The van der Waals surface area contributed by atoms with E-state index in [1.807, 2.05) is 18.7 Å². The lowest BCUT2D eigenvalue weighted by Crippen LogP contribution is -2.43. The highest BCUT2D eigenvalue weighted by molar-refractivity contribution is 6.31. The van der Waals surface area contributed by atoms with Gasteiger partial charge in [-0.05, 0) is 36.8 Å². The van der Waals surface area contributed by atoms with Crippen molar-refractivity contribution in [2.24, 2.45) is 12.8 Å². The van der Waals surface area contributed by atoms with Gasteiger partial charge in [-0.1, -0.05) is 42.8 Å². The summed E-state index contributed by atoms with van der Waals surface area (Å²) < 4.78 is 1.87. The molecule has 1 aromatic carbocycles. The van der Waals surface area contributed by atoms with Crippen LogP contribution in [0.5, 0.6) is 0 Å². The van der Waals surface area contributed by atoms with Crippen LogP contribution in [0.15, 0.2) is 24.3 Å². The van der Waals surface area contributed by atoms with E-state index >= 15 is 0 Å². The topological polar surface area (TPSA) is 43.8 Å². The van der Waals surface area contributed by atoms with Crippen LogP contribution in [0.2, 0.25) is 5.02 Å². The molecule has 4 heteroatoms. The van der Waals surface area contributed by atoms with Crippen molar-refractivity contribution in [2.75, 3.05) is 0 Å². The molecule has 1 heterocycles. The zero-order valence-electron chi connectivity index (χ0n) is 12.9. The van der Waals surface area contributed by atoms with E-state index in [4.69, 9.17) is 17.3 Å². The van der Waals surface area contributed by atoms with Crippen LogP contribution in [0.25, 0.3) is 0 Å². The van der Waals surface area contributed by atoms with E-state index in [2.05, 4.69) is 36.3 Å². The number of benzene rings is 1. The van der Waals surface area contributed by atoms with Crippen LogP contribution in [-0.4, -0.2) is 9.78 Å². The standard InChI is InChI=1S/C17H22ClN3/c1-11-8-9-17(19,14-7-5-4-6-13(11)14)10-15-16(18)12(2)20-21(15)3/h4-7,11H,8-10,19H2,1-3H3. The van der Waals surface area contributed by atoms with Crippen molar-refractivity contribution in [1.29, 1.82) is 0 Å². The second-order valence-corrected chi connectivity index (χ2v) is 6.71. The van der Waals surface area contributed by atoms with E-state index in [-0.39, 0.29) is 5.54 Å². The third-order valence-corrected chi connectivity index (χ3v) is 5.29. The molecule has 0 saturated carbocycles. The monoisotopic (exact) mass is 303 g/mol. The molecule has 3 rings (SSSR count). The van der Waals surface area contributed by atoms with Crippen molar-refractivity contribution in [1.82, 2.24) is 9.78 Å². The normalized spacial score (nSPS) is 24.9. The van der Waals surface area contributed by atoms with Crippen molar-refractivity contribution in [3.8, 4) is 0 Å². The highest BCUT2D eigenvalue weighted by Crippen LogP contribution is 2.42. The fourth-order valence-corrected chi connectivity index (χ4v) is 3.73. The minimum absolute atomic E-state index is 0.354. The predicted octanol–water partition coefficient (Wildman–Crippen LogP) is 3.68. The Labute approximate surface area is 131 Å². The molecule has 0 fully saturated rings. The molecule has 0 amide bonds. The first-order chi connectivity index (χ1) is 9.92. The van der Waals surface area contributed by atoms with Gasteiger partial charge >= 0.3 is 0 Å². The number of fused-ring (bicyclic) bond motifs is 1. The minimum Gasteiger partial charge on any atom is -0.321 e. The lowest BCUT2D eigenvalue weighted by Gasteiger charge is -2.38. The van der Waals surface area contributed by atoms with Crippen LogP contribution in [0.4, 0.5) is 0 Å². The molecule has 112 valence electrons. The number of aromatic nitrogens is 2. The molecule has 0 spiro atoms. The molecular formula is C17H22ClN3. The Morgan fingerprint density at radius 1 is 1.43 bits per heavy atom. The number of aryl methyl sites for hydroxylation is 2. The van der Waals surface area contributed by atoms with Crippen molar-refractivity contribution in [2.45, 2.75) is 44.6 Å². The summed E-state index contributed by atoms with van der Waals surface area (Å²) in [5.41, 5.74) is 11.0. The summed E-state index contributed by atoms with van der Waals surface area (Å²) in [6.45, 7) is 4.21. The van der Waals surface area contributed by atoms with E-state index in [9.17, 15) is 0 Å². The Morgan fingerprint density at radius 2 is 2.14 bits per heavy atom. The molecule has 0 radical (unpaired) electrons. The molecule has 2 aromatic rings. The molecule has 2 atom stereocenters. The lowest BCUT2D eigenvalue weighted by atomic mass is 9.71. The Bertz CT molecular complexity index is 677. The van der Waals surface area contributed by atoms with Gasteiger partial charge in [0.25, 0.3) is 0 Å². The third-order valence-electron chi connectivity index (χ3n) is 4.80. The molecule has 1 aliphatic rings. The molecule has 0 aliphatic heterocycles. The summed E-state index contributed by atoms with van der Waals surface area (Å²) >= 11 is 6.41. The van der Waals surface area contributed by atoms with Gasteiger partial charge in [-0.3, -0.25) is 4.68 Å². The smallest absolute Gasteiger partial charge is 0.0847 e. The van der Waals surface area contributed by atoms with E-state index in [0.717, 1.165) is 35.7 Å². The van der Waals surface area contributed by atoms with Crippen LogP contribution in [-0.2, 0) is 19.0 Å². The number of halogens is 1. The molecule has 0 bridgehead atoms. The highest BCUT2D eigenvalue weighted by atomic mass is 35.5. The quantitative estimate of drug-likeness (QED) is 0.920. The van der Waals surface area contributed by atoms with E-state index < -0.39 is 0 Å². The zero-order valence-corrected chi connectivity index (χ0v) is 13.6. The van der Waals surface area contributed by atoms with Crippen LogP contribution in [0.3, 0.4) is 0 Å². The fraction of sp³-hybridized carbons (Fsp3) is 0.471. The maximum absolute atomic E-state index is 6.81. The zero-order chi connectivity index (χ0) is 15.2. The fourth-order valence-electron chi connectivity index (χ4n) is 3.50. The first kappa shape index (κ1) is 14.6. The second-order valence-electron chi connectivity index (χ2n) is 6.33. The molecule has 21 heavy (non-hydrogen) atoms. The predicted molar refractivity (Wildman–Crippen MR) is 86.6 cm³/mol. The van der Waals surface area contributed by atoms with Gasteiger partial charge in [-0.15, -0.1) is 0 Å². The van der Waals surface area contributed by atoms with Gasteiger partial charge in [0, 0.05) is 19.0 Å². The summed E-state index contributed by atoms with van der Waals surface area (Å²) in [4.78, 5) is 0. The summed E-state index contributed by atoms with van der Waals surface area (Å²) in [6.07, 6.45) is 2.82. The Morgan fingerprint density at radius 3 is 2.81 bits per heavy atom. The van der Waals surface area contributed by atoms with Gasteiger partial charge in [0.1, 0.15) is 0 Å². The van der Waals surface area contributed by atoms with Crippen molar-refractivity contribution in [3.63, 3.8) is 0 Å². The SMILES string of the molecule is Cc1nn(C)c(CC2(N)CCC(C)c3ccccc32)c1Cl. The number of rotatable bonds is 2. The van der Waals surface area contributed by atoms with Gasteiger partial charge in [0.15, 0.2) is 0 Å². The molecule has 3 nitrogen and oxygen atoms in total. The van der Waals surface area contributed by atoms with Gasteiger partial charge in [0.2, 0.25) is 0 Å². The summed E-state index contributed by atoms with van der Waals surface area (Å²) in [6, 6.07) is 8.55. The lowest BCUT2D eigenvalue weighted by molar-refractivity contribution is 0.342. The summed E-state index contributed by atoms with van der Waals surface area (Å²) in [7, 11) is 1.94. The average Bonchev–Trinajstić information content (AvgIpc) is 2.70. The van der Waals surface area contributed by atoms with Crippen LogP contribution in [0, 0.1) is 6.92 Å². The molecule has 2 N–H and O–H groups in total. The maximum Gasteiger partial charge on any atom is 0.0847 e.